The van der Waals surface area contributed by atoms with Gasteiger partial charge in [-0.05, 0) is 70.5 Å². The number of nitrogens with zero attached hydrogens (tertiary/aromatic N) is 1. The Morgan fingerprint density at radius 3 is 2.61 bits per heavy atom. The number of hydrogen-bond acceptors (Lipinski definition) is 4. The molecule has 0 radical (unpaired) electrons. The van der Waals surface area contributed by atoms with E-state index in [1.165, 1.54) is 24.3 Å². The van der Waals surface area contributed by atoms with Crippen LogP contribution in [0.25, 0.3) is 0 Å². The van der Waals surface area contributed by atoms with E-state index in [4.69, 9.17) is 9.47 Å². The number of anilines is 1. The van der Waals surface area contributed by atoms with Gasteiger partial charge >= 0.3 is 0 Å². The highest BCUT2D eigenvalue weighted by molar-refractivity contribution is 9.10. The van der Waals surface area contributed by atoms with Crippen LogP contribution < -0.4 is 14.8 Å². The van der Waals surface area contributed by atoms with Crippen molar-refractivity contribution in [2.75, 3.05) is 12.1 Å². The number of ether oxygens (including phenoxy) is 2. The monoisotopic (exact) mass is 440 g/mol. The molecule has 1 amide bonds. The number of fused-ring (bicyclic) bond motifs is 1. The van der Waals surface area contributed by atoms with Crippen LogP contribution in [0.5, 0.6) is 11.5 Å². The third kappa shape index (κ3) is 4.04. The van der Waals surface area contributed by atoms with Crippen LogP contribution >= 0.6 is 15.9 Å². The zero-order valence-corrected chi connectivity index (χ0v) is 16.1. The molecular formula is C21H14BrFN2O3. The smallest absolute Gasteiger partial charge is 0.255 e. The molecule has 0 aliphatic carbocycles. The van der Waals surface area contributed by atoms with Gasteiger partial charge in [0.1, 0.15) is 5.82 Å². The minimum atomic E-state index is -0.387. The summed E-state index contributed by atoms with van der Waals surface area (Å²) in [6.07, 6.45) is 1.70. The van der Waals surface area contributed by atoms with Crippen molar-refractivity contribution >= 4 is 39.4 Å². The number of rotatable bonds is 4. The molecule has 3 aromatic rings. The van der Waals surface area contributed by atoms with Crippen molar-refractivity contribution in [1.29, 1.82) is 0 Å². The van der Waals surface area contributed by atoms with Crippen LogP contribution in [-0.4, -0.2) is 18.9 Å². The summed E-state index contributed by atoms with van der Waals surface area (Å²) in [7, 11) is 0. The summed E-state index contributed by atoms with van der Waals surface area (Å²) in [5, 5.41) is 2.78. The van der Waals surface area contributed by atoms with Gasteiger partial charge in [-0.2, -0.15) is 0 Å². The van der Waals surface area contributed by atoms with Gasteiger partial charge < -0.3 is 14.8 Å². The maximum atomic E-state index is 13.0. The number of halogens is 2. The first-order valence-corrected chi connectivity index (χ1v) is 9.18. The fraction of sp³-hybridized carbons (Fsp3) is 0.0476. The maximum Gasteiger partial charge on any atom is 0.255 e. The third-order valence-electron chi connectivity index (χ3n) is 4.06. The molecule has 1 aliphatic rings. The number of carbonyl (C=O) groups excluding carboxylic acids is 1. The summed E-state index contributed by atoms with van der Waals surface area (Å²) in [5.74, 6) is 0.654. The Labute approximate surface area is 169 Å². The Morgan fingerprint density at radius 2 is 1.82 bits per heavy atom. The SMILES string of the molecule is O=C(Nc1cccc(N=Cc2cc3c(cc2Br)OCO3)c1)c1ccc(F)cc1. The molecule has 1 heterocycles. The second-order valence-corrected chi connectivity index (χ2v) is 6.85. The van der Waals surface area contributed by atoms with E-state index in [0.29, 0.717) is 28.4 Å². The maximum absolute atomic E-state index is 13.0. The average molecular weight is 441 g/mol. The van der Waals surface area contributed by atoms with Crippen LogP contribution in [0, 0.1) is 5.82 Å². The summed E-state index contributed by atoms with van der Waals surface area (Å²) in [4.78, 5) is 16.7. The Balaban J connectivity index is 1.50. The number of nitrogens with one attached hydrogen (secondary N) is 1. The molecule has 0 spiro atoms. The lowest BCUT2D eigenvalue weighted by Gasteiger charge is -2.06. The number of carbonyl (C=O) groups is 1. The highest BCUT2D eigenvalue weighted by atomic mass is 79.9. The molecule has 0 atom stereocenters. The van der Waals surface area contributed by atoms with E-state index in [-0.39, 0.29) is 18.5 Å². The van der Waals surface area contributed by atoms with E-state index in [9.17, 15) is 9.18 Å². The van der Waals surface area contributed by atoms with Gasteiger partial charge in [0.2, 0.25) is 6.79 Å². The molecular weight excluding hydrogens is 427 g/mol. The first-order chi connectivity index (χ1) is 13.6. The summed E-state index contributed by atoms with van der Waals surface area (Å²) in [6.45, 7) is 0.207. The van der Waals surface area contributed by atoms with Crippen molar-refractivity contribution in [2.45, 2.75) is 0 Å². The summed E-state index contributed by atoms with van der Waals surface area (Å²) in [5.41, 5.74) is 2.47. The molecule has 140 valence electrons. The van der Waals surface area contributed by atoms with Crippen LogP contribution in [0.4, 0.5) is 15.8 Å². The van der Waals surface area contributed by atoms with E-state index in [0.717, 1.165) is 10.0 Å². The highest BCUT2D eigenvalue weighted by Crippen LogP contribution is 2.36. The Bertz CT molecular complexity index is 1070. The van der Waals surface area contributed by atoms with Crippen LogP contribution in [0.15, 0.2) is 70.1 Å². The molecule has 0 fully saturated rings. The number of amides is 1. The fourth-order valence-electron chi connectivity index (χ4n) is 2.64. The average Bonchev–Trinajstić information content (AvgIpc) is 3.14. The van der Waals surface area contributed by atoms with Crippen LogP contribution in [0.2, 0.25) is 0 Å². The van der Waals surface area contributed by atoms with Gasteiger partial charge in [-0.3, -0.25) is 9.79 Å². The minimum Gasteiger partial charge on any atom is -0.454 e. The highest BCUT2D eigenvalue weighted by Gasteiger charge is 2.15. The molecule has 0 saturated heterocycles. The van der Waals surface area contributed by atoms with Crippen molar-refractivity contribution in [3.8, 4) is 11.5 Å². The molecule has 0 saturated carbocycles. The van der Waals surface area contributed by atoms with Crippen LogP contribution in [-0.2, 0) is 0 Å². The number of aliphatic imine (C=N–C) groups is 1. The zero-order chi connectivity index (χ0) is 19.5. The van der Waals surface area contributed by atoms with E-state index >= 15 is 0 Å². The van der Waals surface area contributed by atoms with Crippen LogP contribution in [0.3, 0.4) is 0 Å². The normalized spacial score (nSPS) is 12.4. The van der Waals surface area contributed by atoms with E-state index < -0.39 is 0 Å². The molecule has 7 heteroatoms. The van der Waals surface area contributed by atoms with Crippen molar-refractivity contribution in [3.63, 3.8) is 0 Å². The van der Waals surface area contributed by atoms with Gasteiger partial charge in [-0.15, -0.1) is 0 Å². The molecule has 1 aliphatic heterocycles. The molecule has 0 unspecified atom stereocenters. The second kappa shape index (κ2) is 7.82. The van der Waals surface area contributed by atoms with Gasteiger partial charge in [-0.1, -0.05) is 6.07 Å². The van der Waals surface area contributed by atoms with Gasteiger partial charge in [-0.25, -0.2) is 4.39 Å². The predicted molar refractivity (Wildman–Crippen MR) is 108 cm³/mol. The first kappa shape index (κ1) is 18.2. The quantitative estimate of drug-likeness (QED) is 0.558. The topological polar surface area (TPSA) is 59.9 Å². The Morgan fingerprint density at radius 1 is 1.07 bits per heavy atom. The van der Waals surface area contributed by atoms with Crippen molar-refractivity contribution < 1.29 is 18.7 Å². The molecule has 4 rings (SSSR count). The largest absolute Gasteiger partial charge is 0.454 e. The number of hydrogen-bond donors (Lipinski definition) is 1. The van der Waals surface area contributed by atoms with Gasteiger partial charge in [0, 0.05) is 27.5 Å². The van der Waals surface area contributed by atoms with Crippen LogP contribution in [0.1, 0.15) is 15.9 Å². The lowest BCUT2D eigenvalue weighted by atomic mass is 10.2. The van der Waals surface area contributed by atoms with E-state index in [1.54, 1.807) is 24.4 Å². The first-order valence-electron chi connectivity index (χ1n) is 8.39. The predicted octanol–water partition coefficient (Wildman–Crippen LogP) is 5.32. The minimum absolute atomic E-state index is 0.207. The van der Waals surface area contributed by atoms with Gasteiger partial charge in [0.25, 0.3) is 5.91 Å². The molecule has 1 N–H and O–H groups in total. The van der Waals surface area contributed by atoms with Crippen molar-refractivity contribution in [3.05, 3.63) is 82.1 Å². The molecule has 5 nitrogen and oxygen atoms in total. The summed E-state index contributed by atoms with van der Waals surface area (Å²) < 4.78 is 24.5. The molecule has 0 bridgehead atoms. The van der Waals surface area contributed by atoms with Gasteiger partial charge in [0.05, 0.1) is 5.69 Å². The zero-order valence-electron chi connectivity index (χ0n) is 14.5. The number of benzene rings is 3. The third-order valence-corrected chi connectivity index (χ3v) is 4.74. The molecule has 0 aromatic heterocycles. The Kier molecular flexibility index (Phi) is 5.08. The Hall–Kier alpha value is -3.19. The van der Waals surface area contributed by atoms with Crippen molar-refractivity contribution in [1.82, 2.24) is 0 Å². The summed E-state index contributed by atoms with van der Waals surface area (Å²) in [6, 6.07) is 16.2. The van der Waals surface area contributed by atoms with E-state index in [1.807, 2.05) is 18.2 Å². The lowest BCUT2D eigenvalue weighted by Crippen LogP contribution is -2.11. The lowest BCUT2D eigenvalue weighted by molar-refractivity contribution is 0.102. The standard InChI is InChI=1S/C21H14BrFN2O3/c22-18-10-20-19(27-12-28-20)8-14(18)11-24-16-2-1-3-17(9-16)25-21(26)13-4-6-15(23)7-5-13/h1-11H,12H2,(H,25,26). The molecule has 28 heavy (non-hydrogen) atoms. The summed E-state index contributed by atoms with van der Waals surface area (Å²) >= 11 is 3.49. The van der Waals surface area contributed by atoms with E-state index in [2.05, 4.69) is 26.2 Å². The fourth-order valence-corrected chi connectivity index (χ4v) is 3.07. The molecule has 3 aromatic carbocycles. The van der Waals surface area contributed by atoms with Crippen molar-refractivity contribution in [2.24, 2.45) is 4.99 Å². The van der Waals surface area contributed by atoms with Gasteiger partial charge in [0.15, 0.2) is 11.5 Å². The second-order valence-electron chi connectivity index (χ2n) is 6.00.